The van der Waals surface area contributed by atoms with Gasteiger partial charge in [0.25, 0.3) is 0 Å². The Kier molecular flexibility index (Phi) is 8.34. The van der Waals surface area contributed by atoms with Crippen molar-refractivity contribution in [2.24, 2.45) is 11.7 Å². The van der Waals surface area contributed by atoms with Gasteiger partial charge in [-0.05, 0) is 61.4 Å². The molecule has 0 unspecified atom stereocenters. The molecule has 0 heterocycles. The number of nitrogens with one attached hydrogen (secondary N) is 1. The molecule has 0 saturated heterocycles. The monoisotopic (exact) mass is 416 g/mol. The Morgan fingerprint density at radius 3 is 2.37 bits per heavy atom. The van der Waals surface area contributed by atoms with Crippen molar-refractivity contribution in [2.75, 3.05) is 0 Å². The Bertz CT molecular complexity index is 672. The minimum Gasteiger partial charge on any atom is -0.480 e. The van der Waals surface area contributed by atoms with Crippen LogP contribution < -0.4 is 11.1 Å². The van der Waals surface area contributed by atoms with Crippen LogP contribution in [0.3, 0.4) is 0 Å². The highest BCUT2D eigenvalue weighted by Gasteiger charge is 2.48. The largest absolute Gasteiger partial charge is 0.480 e. The van der Waals surface area contributed by atoms with E-state index in [4.69, 9.17) is 15.8 Å². The first-order chi connectivity index (χ1) is 14.4. The highest BCUT2D eigenvalue weighted by molar-refractivity contribution is 6.40. The fourth-order valence-electron chi connectivity index (χ4n) is 5.04. The lowest BCUT2D eigenvalue weighted by Gasteiger charge is -2.45. The van der Waals surface area contributed by atoms with Gasteiger partial charge in [-0.25, -0.2) is 0 Å². The Morgan fingerprint density at radius 2 is 1.77 bits per heavy atom. The minimum absolute atomic E-state index is 0.0415. The van der Waals surface area contributed by atoms with Gasteiger partial charge < -0.3 is 26.2 Å². The molecule has 0 amide bonds. The molecule has 6 nitrogen and oxygen atoms in total. The van der Waals surface area contributed by atoms with Crippen LogP contribution in [0.5, 0.6) is 0 Å². The lowest BCUT2D eigenvalue weighted by molar-refractivity contribution is -0.148. The first-order valence-corrected chi connectivity index (χ1v) is 11.6. The smallest absolute Gasteiger partial charge is 0.451 e. The summed E-state index contributed by atoms with van der Waals surface area (Å²) in [4.78, 5) is 11.8. The molecule has 1 aromatic rings. The molecular formula is C23H37BN2O4. The lowest BCUT2D eigenvalue weighted by Crippen LogP contribution is -2.61. The predicted molar refractivity (Wildman–Crippen MR) is 119 cm³/mol. The van der Waals surface area contributed by atoms with Crippen molar-refractivity contribution >= 4 is 13.1 Å². The Balaban J connectivity index is 1.41. The molecule has 7 heteroatoms. The number of carbonyl (C=O) groups is 1. The zero-order chi connectivity index (χ0) is 21.6. The molecule has 3 rings (SSSR count). The van der Waals surface area contributed by atoms with Gasteiger partial charge in [0.15, 0.2) is 0 Å². The van der Waals surface area contributed by atoms with Gasteiger partial charge in [0, 0.05) is 12.6 Å². The molecule has 2 aliphatic rings. The lowest BCUT2D eigenvalue weighted by atomic mass is 9.66. The molecule has 30 heavy (non-hydrogen) atoms. The van der Waals surface area contributed by atoms with Crippen LogP contribution in [0.25, 0.3) is 0 Å². The standard InChI is InChI=1S/C23H37BN2O4/c25-23(22(27)28,12-4-5-13-24(29)30)20-14-21(15-20)26-16-17-8-10-19(11-9-17)18-6-2-1-3-7-18/h8-11,18,20-21,26,29-30H,1-7,12-16,25H2,(H,27,28)/t20?,21?,23-/m0/s1. The number of carboxylic acid groups (broad SMARTS) is 1. The first-order valence-electron chi connectivity index (χ1n) is 11.6. The molecule has 0 aliphatic heterocycles. The maximum atomic E-state index is 11.8. The number of carboxylic acids is 1. The van der Waals surface area contributed by atoms with E-state index in [1.807, 2.05) is 0 Å². The second-order valence-corrected chi connectivity index (χ2v) is 9.39. The molecule has 0 spiro atoms. The third-order valence-corrected chi connectivity index (χ3v) is 7.22. The summed E-state index contributed by atoms with van der Waals surface area (Å²) in [6.07, 6.45) is 10.0. The molecule has 1 atom stereocenters. The summed E-state index contributed by atoms with van der Waals surface area (Å²) >= 11 is 0. The molecule has 1 aromatic carbocycles. The van der Waals surface area contributed by atoms with Gasteiger partial charge in [0.1, 0.15) is 5.54 Å². The highest BCUT2D eigenvalue weighted by Crippen LogP contribution is 2.38. The van der Waals surface area contributed by atoms with E-state index in [1.165, 1.54) is 43.2 Å². The maximum Gasteiger partial charge on any atom is 0.451 e. The average molecular weight is 416 g/mol. The third kappa shape index (κ3) is 6.07. The molecule has 2 fully saturated rings. The number of nitrogens with two attached hydrogens (primary N) is 1. The van der Waals surface area contributed by atoms with Gasteiger partial charge in [-0.15, -0.1) is 0 Å². The Morgan fingerprint density at radius 1 is 1.10 bits per heavy atom. The number of benzene rings is 1. The summed E-state index contributed by atoms with van der Waals surface area (Å²) in [6, 6.07) is 9.28. The van der Waals surface area contributed by atoms with Crippen LogP contribution in [0.2, 0.25) is 6.32 Å². The van der Waals surface area contributed by atoms with Crippen LogP contribution in [0, 0.1) is 5.92 Å². The molecule has 0 aromatic heterocycles. The number of hydrogen-bond donors (Lipinski definition) is 5. The third-order valence-electron chi connectivity index (χ3n) is 7.22. The first kappa shape index (κ1) is 23.3. The van der Waals surface area contributed by atoms with Crippen LogP contribution in [0.4, 0.5) is 0 Å². The molecule has 166 valence electrons. The molecule has 2 aliphatic carbocycles. The van der Waals surface area contributed by atoms with E-state index in [1.54, 1.807) is 0 Å². The van der Waals surface area contributed by atoms with Gasteiger partial charge in [-0.3, -0.25) is 4.79 Å². The summed E-state index contributed by atoms with van der Waals surface area (Å²) in [5, 5.41) is 31.1. The SMILES string of the molecule is N[C@](CCCCB(O)O)(C(=O)O)C1CC(NCc2ccc(C3CCCCC3)cc2)C1. The summed E-state index contributed by atoms with van der Waals surface area (Å²) in [6.45, 7) is 0.793. The van der Waals surface area contributed by atoms with Gasteiger partial charge in [-0.1, -0.05) is 56.4 Å². The van der Waals surface area contributed by atoms with E-state index in [2.05, 4.69) is 29.6 Å². The zero-order valence-electron chi connectivity index (χ0n) is 17.9. The van der Waals surface area contributed by atoms with Gasteiger partial charge in [0.2, 0.25) is 0 Å². The number of rotatable bonds is 11. The van der Waals surface area contributed by atoms with Crippen LogP contribution in [-0.4, -0.2) is 39.8 Å². The maximum absolute atomic E-state index is 11.8. The van der Waals surface area contributed by atoms with Crippen LogP contribution in [-0.2, 0) is 11.3 Å². The summed E-state index contributed by atoms with van der Waals surface area (Å²) in [5.41, 5.74) is 7.77. The van der Waals surface area contributed by atoms with Crippen LogP contribution in [0.15, 0.2) is 24.3 Å². The fraction of sp³-hybridized carbons (Fsp3) is 0.696. The molecule has 0 radical (unpaired) electrons. The Hall–Kier alpha value is -1.41. The predicted octanol–water partition coefficient (Wildman–Crippen LogP) is 3.03. The average Bonchev–Trinajstić information content (AvgIpc) is 2.71. The van der Waals surface area contributed by atoms with E-state index in [-0.39, 0.29) is 12.2 Å². The van der Waals surface area contributed by atoms with Crippen LogP contribution in [0.1, 0.15) is 81.3 Å². The summed E-state index contributed by atoms with van der Waals surface area (Å²) in [7, 11) is -1.34. The normalized spacial score (nSPS) is 24.1. The number of hydrogen-bond acceptors (Lipinski definition) is 5. The second-order valence-electron chi connectivity index (χ2n) is 9.39. The number of aliphatic carboxylic acids is 1. The van der Waals surface area contributed by atoms with Crippen molar-refractivity contribution in [1.82, 2.24) is 5.32 Å². The van der Waals surface area contributed by atoms with E-state index >= 15 is 0 Å². The Labute approximate surface area is 180 Å². The molecular weight excluding hydrogens is 379 g/mol. The quantitative estimate of drug-likeness (QED) is 0.280. The van der Waals surface area contributed by atoms with Crippen molar-refractivity contribution in [2.45, 2.75) is 94.6 Å². The summed E-state index contributed by atoms with van der Waals surface area (Å²) < 4.78 is 0. The minimum atomic E-state index is -1.34. The van der Waals surface area contributed by atoms with Crippen molar-refractivity contribution in [1.29, 1.82) is 0 Å². The molecule has 6 N–H and O–H groups in total. The second kappa shape index (κ2) is 10.8. The topological polar surface area (TPSA) is 116 Å². The van der Waals surface area contributed by atoms with Gasteiger partial charge in [0.05, 0.1) is 0 Å². The van der Waals surface area contributed by atoms with Gasteiger partial charge >= 0.3 is 13.1 Å². The van der Waals surface area contributed by atoms with E-state index in [0.29, 0.717) is 25.3 Å². The highest BCUT2D eigenvalue weighted by atomic mass is 16.4. The van der Waals surface area contributed by atoms with E-state index < -0.39 is 18.6 Å². The number of unbranched alkanes of at least 4 members (excludes halogenated alkanes) is 1. The van der Waals surface area contributed by atoms with Crippen molar-refractivity contribution in [3.8, 4) is 0 Å². The van der Waals surface area contributed by atoms with E-state index in [0.717, 1.165) is 25.3 Å². The zero-order valence-corrected chi connectivity index (χ0v) is 17.9. The van der Waals surface area contributed by atoms with Gasteiger partial charge in [-0.2, -0.15) is 0 Å². The van der Waals surface area contributed by atoms with Crippen molar-refractivity contribution < 1.29 is 19.9 Å². The van der Waals surface area contributed by atoms with E-state index in [9.17, 15) is 9.90 Å². The van der Waals surface area contributed by atoms with Crippen LogP contribution >= 0.6 is 0 Å². The van der Waals surface area contributed by atoms with Crippen molar-refractivity contribution in [3.63, 3.8) is 0 Å². The summed E-state index contributed by atoms with van der Waals surface area (Å²) in [5.74, 6) is -0.267. The fourth-order valence-corrected chi connectivity index (χ4v) is 5.04. The molecule has 0 bridgehead atoms. The van der Waals surface area contributed by atoms with Crippen molar-refractivity contribution in [3.05, 3.63) is 35.4 Å². The molecule has 2 saturated carbocycles.